The van der Waals surface area contributed by atoms with E-state index in [1.165, 1.54) is 12.1 Å². The molecule has 4 rings (SSSR count). The van der Waals surface area contributed by atoms with Crippen molar-refractivity contribution in [2.45, 2.75) is 45.7 Å². The van der Waals surface area contributed by atoms with Crippen molar-refractivity contribution in [3.05, 3.63) is 59.3 Å². The predicted octanol–water partition coefficient (Wildman–Crippen LogP) is 4.00. The number of hydrogen-bond donors (Lipinski definition) is 0. The highest BCUT2D eigenvalue weighted by molar-refractivity contribution is 5.84. The van der Waals surface area contributed by atoms with Gasteiger partial charge in [0.15, 0.2) is 0 Å². The molecule has 1 aromatic heterocycles. The second kappa shape index (κ2) is 7.47. The van der Waals surface area contributed by atoms with Gasteiger partial charge in [0, 0.05) is 26.1 Å². The summed E-state index contributed by atoms with van der Waals surface area (Å²) < 4.78 is 19.0. The summed E-state index contributed by atoms with van der Waals surface area (Å²) in [5.41, 5.74) is 0.720. The Morgan fingerprint density at radius 3 is 2.56 bits per heavy atom. The Kier molecular flexibility index (Phi) is 5.04. The minimum absolute atomic E-state index is 0.240. The van der Waals surface area contributed by atoms with Gasteiger partial charge < -0.3 is 9.32 Å². The molecule has 0 radical (unpaired) electrons. The van der Waals surface area contributed by atoms with Gasteiger partial charge in [0.2, 0.25) is 5.91 Å². The van der Waals surface area contributed by atoms with Crippen molar-refractivity contribution in [1.82, 2.24) is 9.80 Å². The first-order chi connectivity index (χ1) is 13.1. The second-order valence-electron chi connectivity index (χ2n) is 7.92. The van der Waals surface area contributed by atoms with Crippen LogP contribution in [0.4, 0.5) is 4.39 Å². The Labute approximate surface area is 159 Å². The molecule has 0 unspecified atom stereocenters. The number of carbonyl (C=O) groups is 1. The van der Waals surface area contributed by atoms with E-state index < -0.39 is 0 Å². The molecule has 1 amide bonds. The zero-order valence-electron chi connectivity index (χ0n) is 15.9. The molecular weight excluding hydrogens is 343 g/mol. The number of likely N-dealkylation sites (tertiary alicyclic amines) is 2. The summed E-state index contributed by atoms with van der Waals surface area (Å²) in [5, 5.41) is 0. The highest BCUT2D eigenvalue weighted by Crippen LogP contribution is 2.41. The molecule has 1 spiro atoms. The SMILES string of the molecule is CCc1ccc(CN2CC[C@@]3(CCCN(Cc4ccc(F)cc4)C3=O)C2)o1. The Bertz CT molecular complexity index is 801. The summed E-state index contributed by atoms with van der Waals surface area (Å²) in [5.74, 6) is 2.01. The maximum absolute atomic E-state index is 13.3. The number of amides is 1. The third-order valence-corrected chi connectivity index (χ3v) is 5.99. The third kappa shape index (κ3) is 3.79. The van der Waals surface area contributed by atoms with E-state index >= 15 is 0 Å². The van der Waals surface area contributed by atoms with Crippen molar-refractivity contribution in [1.29, 1.82) is 0 Å². The van der Waals surface area contributed by atoms with Crippen LogP contribution in [0.15, 0.2) is 40.8 Å². The third-order valence-electron chi connectivity index (χ3n) is 5.99. The Morgan fingerprint density at radius 1 is 1.04 bits per heavy atom. The van der Waals surface area contributed by atoms with Crippen LogP contribution in [-0.4, -0.2) is 35.3 Å². The van der Waals surface area contributed by atoms with E-state index in [1.54, 1.807) is 12.1 Å². The topological polar surface area (TPSA) is 36.7 Å². The molecule has 2 aliphatic heterocycles. The minimum Gasteiger partial charge on any atom is -0.465 e. The Morgan fingerprint density at radius 2 is 1.81 bits per heavy atom. The molecule has 2 aliphatic rings. The summed E-state index contributed by atoms with van der Waals surface area (Å²) in [6, 6.07) is 10.6. The summed E-state index contributed by atoms with van der Waals surface area (Å²) in [4.78, 5) is 17.6. The number of aryl methyl sites for hydroxylation is 1. The van der Waals surface area contributed by atoms with Gasteiger partial charge in [-0.3, -0.25) is 9.69 Å². The lowest BCUT2D eigenvalue weighted by Crippen LogP contribution is -2.49. The molecule has 2 aromatic rings. The van der Waals surface area contributed by atoms with Crippen LogP contribution in [0.25, 0.3) is 0 Å². The molecule has 0 saturated carbocycles. The molecule has 5 heteroatoms. The van der Waals surface area contributed by atoms with Gasteiger partial charge in [0.05, 0.1) is 12.0 Å². The maximum atomic E-state index is 13.3. The van der Waals surface area contributed by atoms with Crippen LogP contribution in [0.5, 0.6) is 0 Å². The number of furan rings is 1. The molecule has 0 N–H and O–H groups in total. The highest BCUT2D eigenvalue weighted by Gasteiger charge is 2.48. The average Bonchev–Trinajstić information content (AvgIpc) is 3.29. The highest BCUT2D eigenvalue weighted by atomic mass is 19.1. The average molecular weight is 370 g/mol. The molecule has 1 aromatic carbocycles. The smallest absolute Gasteiger partial charge is 0.230 e. The van der Waals surface area contributed by atoms with E-state index in [-0.39, 0.29) is 17.1 Å². The fraction of sp³-hybridized carbons (Fsp3) is 0.500. The molecule has 2 saturated heterocycles. The first kappa shape index (κ1) is 18.2. The fourth-order valence-electron chi connectivity index (χ4n) is 4.50. The minimum atomic E-state index is -0.265. The van der Waals surface area contributed by atoms with Crippen LogP contribution in [0.2, 0.25) is 0 Å². The summed E-state index contributed by atoms with van der Waals surface area (Å²) in [6.45, 7) is 5.94. The van der Waals surface area contributed by atoms with Crippen molar-refractivity contribution in [3.8, 4) is 0 Å². The molecule has 144 valence electrons. The van der Waals surface area contributed by atoms with Crippen molar-refractivity contribution in [3.63, 3.8) is 0 Å². The van der Waals surface area contributed by atoms with Crippen LogP contribution < -0.4 is 0 Å². The zero-order chi connectivity index (χ0) is 18.9. The number of halogens is 1. The number of nitrogens with zero attached hydrogens (tertiary/aromatic N) is 2. The zero-order valence-corrected chi connectivity index (χ0v) is 15.9. The van der Waals surface area contributed by atoms with Crippen LogP contribution in [-0.2, 0) is 24.3 Å². The van der Waals surface area contributed by atoms with Gasteiger partial charge in [0.25, 0.3) is 0 Å². The van der Waals surface area contributed by atoms with Crippen molar-refractivity contribution in [2.75, 3.05) is 19.6 Å². The summed E-state index contributed by atoms with van der Waals surface area (Å²) in [7, 11) is 0. The number of hydrogen-bond acceptors (Lipinski definition) is 3. The van der Waals surface area contributed by atoms with Crippen molar-refractivity contribution in [2.24, 2.45) is 5.41 Å². The summed E-state index contributed by atoms with van der Waals surface area (Å²) in [6.07, 6.45) is 3.80. The molecule has 4 nitrogen and oxygen atoms in total. The number of carbonyl (C=O) groups excluding carboxylic acids is 1. The first-order valence-corrected chi connectivity index (χ1v) is 9.92. The van der Waals surface area contributed by atoms with Gasteiger partial charge in [0.1, 0.15) is 17.3 Å². The lowest BCUT2D eigenvalue weighted by Gasteiger charge is -2.39. The van der Waals surface area contributed by atoms with E-state index in [2.05, 4.69) is 11.8 Å². The fourth-order valence-corrected chi connectivity index (χ4v) is 4.50. The molecule has 0 bridgehead atoms. The van der Waals surface area contributed by atoms with Gasteiger partial charge in [-0.25, -0.2) is 4.39 Å². The number of rotatable bonds is 5. The molecular formula is C22H27FN2O2. The first-order valence-electron chi connectivity index (χ1n) is 9.92. The van der Waals surface area contributed by atoms with Crippen LogP contribution in [0, 0.1) is 11.2 Å². The molecule has 0 aliphatic carbocycles. The molecule has 3 heterocycles. The lowest BCUT2D eigenvalue weighted by atomic mass is 9.78. The van der Waals surface area contributed by atoms with E-state index in [0.717, 1.165) is 68.9 Å². The van der Waals surface area contributed by atoms with Crippen LogP contribution in [0.1, 0.15) is 43.3 Å². The number of piperidine rings is 1. The van der Waals surface area contributed by atoms with E-state index in [0.29, 0.717) is 6.54 Å². The van der Waals surface area contributed by atoms with Crippen molar-refractivity contribution < 1.29 is 13.6 Å². The summed E-state index contributed by atoms with van der Waals surface area (Å²) >= 11 is 0. The lowest BCUT2D eigenvalue weighted by molar-refractivity contribution is -0.146. The Hall–Kier alpha value is -2.14. The van der Waals surface area contributed by atoms with Gasteiger partial charge in [-0.1, -0.05) is 19.1 Å². The molecule has 2 fully saturated rings. The van der Waals surface area contributed by atoms with Gasteiger partial charge in [-0.15, -0.1) is 0 Å². The molecule has 27 heavy (non-hydrogen) atoms. The van der Waals surface area contributed by atoms with Gasteiger partial charge >= 0.3 is 0 Å². The van der Waals surface area contributed by atoms with Crippen LogP contribution >= 0.6 is 0 Å². The van der Waals surface area contributed by atoms with E-state index in [9.17, 15) is 9.18 Å². The number of benzene rings is 1. The quantitative estimate of drug-likeness (QED) is 0.798. The van der Waals surface area contributed by atoms with Crippen LogP contribution in [0.3, 0.4) is 0 Å². The standard InChI is InChI=1S/C22H27FN2O2/c1-2-19-8-9-20(27-19)15-24-13-11-22(16-24)10-3-12-25(21(22)26)14-17-4-6-18(23)7-5-17/h4-9H,2-3,10-16H2,1H3/t22-/m0/s1. The monoisotopic (exact) mass is 370 g/mol. The normalized spacial score (nSPS) is 23.5. The Balaban J connectivity index is 1.41. The van der Waals surface area contributed by atoms with Crippen molar-refractivity contribution >= 4 is 5.91 Å². The predicted molar refractivity (Wildman–Crippen MR) is 101 cm³/mol. The maximum Gasteiger partial charge on any atom is 0.230 e. The van der Waals surface area contributed by atoms with Gasteiger partial charge in [-0.2, -0.15) is 0 Å². The molecule has 1 atom stereocenters. The van der Waals surface area contributed by atoms with E-state index in [1.807, 2.05) is 17.0 Å². The largest absolute Gasteiger partial charge is 0.465 e. The second-order valence-corrected chi connectivity index (χ2v) is 7.92. The van der Waals surface area contributed by atoms with E-state index in [4.69, 9.17) is 4.42 Å². The van der Waals surface area contributed by atoms with Gasteiger partial charge in [-0.05, 0) is 55.6 Å².